The molecule has 19 heteroatoms. The Hall–Kier alpha value is -1.05. The Morgan fingerprint density at radius 2 is 1.26 bits per heavy atom. The molecular formula is C23H44N6O13. The molecule has 0 unspecified atom stereocenters. The molecule has 18 atom stereocenters. The fourth-order valence-electron chi connectivity index (χ4n) is 5.62. The number of ether oxygens (including phenoxy) is 6. The predicted octanol–water partition coefficient (Wildman–Crippen LogP) is -8.69. The molecule has 3 heterocycles. The summed E-state index contributed by atoms with van der Waals surface area (Å²) < 4.78 is 34.5. The Morgan fingerprint density at radius 1 is 0.667 bits per heavy atom. The molecule has 0 amide bonds. The Kier molecular flexibility index (Phi) is 11.2. The van der Waals surface area contributed by atoms with Crippen LogP contribution >= 0.6 is 0 Å². The zero-order valence-electron chi connectivity index (χ0n) is 22.7. The lowest BCUT2D eigenvalue weighted by Gasteiger charge is -2.47. The summed E-state index contributed by atoms with van der Waals surface area (Å²) in [5.74, 6) is -0.723. The largest absolute Gasteiger partial charge is 0.394 e. The van der Waals surface area contributed by atoms with Gasteiger partial charge >= 0.3 is 0 Å². The van der Waals surface area contributed by atoms with Crippen LogP contribution in [0, 0.1) is 0 Å². The molecule has 0 radical (unpaired) electrons. The van der Waals surface area contributed by atoms with Crippen LogP contribution in [0.5, 0.6) is 0 Å². The minimum absolute atomic E-state index is 0.0818. The van der Waals surface area contributed by atoms with Crippen molar-refractivity contribution in [1.29, 1.82) is 0 Å². The summed E-state index contributed by atoms with van der Waals surface area (Å²) in [5.41, 5.74) is 35.5. The third kappa shape index (κ3) is 6.49. The van der Waals surface area contributed by atoms with E-state index >= 15 is 0 Å². The van der Waals surface area contributed by atoms with E-state index in [0.717, 1.165) is 0 Å². The molecule has 18 N–H and O–H groups in total. The van der Waals surface area contributed by atoms with Crippen LogP contribution in [-0.4, -0.2) is 166 Å². The standard InChI is InChI=1S/C23H44N6O13/c24-2-7-13(32)15(34)10(28)21(37-7)40-18-6(27)1-5(26)12(31)20(18)42-23-17(36)19(9(4-30)39-23)41-22-11(29)16(35)14(33)8(3-25)38-22/h5-13,15-23,30-32,34-36H,1-4,24-29H2/t5-,6+,7-,8+,9-,10-,11-,12+,13-,15-,16-,17-,18-,19-,20-,21-,22-,23+/m1/s1. The smallest absolute Gasteiger partial charge is 0.193 e. The third-order valence-electron chi connectivity index (χ3n) is 8.19. The molecule has 0 spiro atoms. The lowest BCUT2D eigenvalue weighted by atomic mass is 9.84. The summed E-state index contributed by atoms with van der Waals surface area (Å²) in [4.78, 5) is 12.1. The first kappa shape index (κ1) is 33.8. The molecule has 0 aromatic carbocycles. The van der Waals surface area contributed by atoms with Gasteiger partial charge in [-0.05, 0) is 6.42 Å². The number of aliphatic hydroxyl groups excluding tert-OH is 6. The Morgan fingerprint density at radius 3 is 1.88 bits per heavy atom. The number of rotatable bonds is 9. The molecule has 0 bridgehead atoms. The molecule has 3 aliphatic heterocycles. The van der Waals surface area contributed by atoms with Gasteiger partial charge in [-0.25, -0.2) is 0 Å². The lowest BCUT2D eigenvalue weighted by Crippen LogP contribution is -2.68. The quantitative estimate of drug-likeness (QED) is 0.115. The summed E-state index contributed by atoms with van der Waals surface area (Å²) in [7, 11) is 0. The highest BCUT2D eigenvalue weighted by atomic mass is 16.8. The highest BCUT2D eigenvalue weighted by Crippen LogP contribution is 2.34. The fourth-order valence-corrected chi connectivity index (χ4v) is 5.62. The zero-order valence-corrected chi connectivity index (χ0v) is 22.7. The van der Waals surface area contributed by atoms with Gasteiger partial charge < -0.3 is 93.5 Å². The second-order valence-corrected chi connectivity index (χ2v) is 11.1. The molecule has 4 rings (SSSR count). The minimum atomic E-state index is -1.65. The normalized spacial score (nSPS) is 52.0. The van der Waals surface area contributed by atoms with Crippen molar-refractivity contribution in [3.8, 4) is 0 Å². The number of carbonyl (C=O) groups is 1. The molecule has 0 aromatic heterocycles. The second-order valence-electron chi connectivity index (χ2n) is 11.1. The van der Waals surface area contributed by atoms with Crippen molar-refractivity contribution in [2.24, 2.45) is 34.4 Å². The number of aliphatic hydroxyl groups is 6. The summed E-state index contributed by atoms with van der Waals surface area (Å²) in [6, 6.07) is -4.31. The number of Topliss-reactive ketones (excluding diaryl/α,β-unsaturated/α-hetero) is 1. The van der Waals surface area contributed by atoms with Crippen molar-refractivity contribution < 1.29 is 63.9 Å². The van der Waals surface area contributed by atoms with Gasteiger partial charge in [-0.3, -0.25) is 4.79 Å². The zero-order chi connectivity index (χ0) is 31.0. The van der Waals surface area contributed by atoms with Crippen LogP contribution in [0.25, 0.3) is 0 Å². The number of carbonyl (C=O) groups excluding carboxylic acids is 1. The van der Waals surface area contributed by atoms with Crippen LogP contribution in [0.15, 0.2) is 0 Å². The van der Waals surface area contributed by atoms with Crippen molar-refractivity contribution in [1.82, 2.24) is 0 Å². The summed E-state index contributed by atoms with van der Waals surface area (Å²) in [6.45, 7) is -1.09. The Bertz CT molecular complexity index is 907. The lowest BCUT2D eigenvalue weighted by molar-refractivity contribution is -0.306. The van der Waals surface area contributed by atoms with E-state index < -0.39 is 123 Å². The van der Waals surface area contributed by atoms with E-state index in [1.54, 1.807) is 0 Å². The van der Waals surface area contributed by atoms with Gasteiger partial charge in [0.2, 0.25) is 0 Å². The van der Waals surface area contributed by atoms with E-state index in [4.69, 9.17) is 62.8 Å². The molecule has 4 aliphatic rings. The van der Waals surface area contributed by atoms with Gasteiger partial charge in [0.25, 0.3) is 0 Å². The molecule has 19 nitrogen and oxygen atoms in total. The average Bonchev–Trinajstić information content (AvgIpc) is 3.27. The van der Waals surface area contributed by atoms with Crippen molar-refractivity contribution in [2.45, 2.75) is 117 Å². The number of hydrogen-bond acceptors (Lipinski definition) is 19. The minimum Gasteiger partial charge on any atom is -0.394 e. The van der Waals surface area contributed by atoms with E-state index in [2.05, 4.69) is 0 Å². The molecule has 1 saturated carbocycles. The van der Waals surface area contributed by atoms with Crippen molar-refractivity contribution >= 4 is 5.78 Å². The number of nitrogens with two attached hydrogens (primary N) is 6. The van der Waals surface area contributed by atoms with E-state index in [1.807, 2.05) is 0 Å². The van der Waals surface area contributed by atoms with E-state index in [1.165, 1.54) is 0 Å². The topological polar surface area (TPSA) is 350 Å². The van der Waals surface area contributed by atoms with Gasteiger partial charge in [-0.15, -0.1) is 0 Å². The molecule has 0 aromatic rings. The molecule has 4 fully saturated rings. The molecule has 3 saturated heterocycles. The first-order valence-electron chi connectivity index (χ1n) is 13.7. The predicted molar refractivity (Wildman–Crippen MR) is 137 cm³/mol. The van der Waals surface area contributed by atoms with Gasteiger partial charge in [0.05, 0.1) is 24.8 Å². The van der Waals surface area contributed by atoms with Crippen molar-refractivity contribution in [3.05, 3.63) is 0 Å². The van der Waals surface area contributed by atoms with Gasteiger partial charge in [0.1, 0.15) is 61.0 Å². The molecule has 1 aliphatic carbocycles. The van der Waals surface area contributed by atoms with Crippen LogP contribution in [0.4, 0.5) is 0 Å². The highest BCUT2D eigenvalue weighted by molar-refractivity contribution is 5.88. The molecule has 42 heavy (non-hydrogen) atoms. The monoisotopic (exact) mass is 612 g/mol. The first-order chi connectivity index (χ1) is 19.8. The van der Waals surface area contributed by atoms with Gasteiger partial charge in [0, 0.05) is 25.2 Å². The molecular weight excluding hydrogens is 568 g/mol. The van der Waals surface area contributed by atoms with Gasteiger partial charge in [-0.2, -0.15) is 0 Å². The average molecular weight is 613 g/mol. The second kappa shape index (κ2) is 13.9. The Labute approximate surface area is 240 Å². The fraction of sp³-hybridized carbons (Fsp3) is 0.957. The van der Waals surface area contributed by atoms with Crippen LogP contribution < -0.4 is 34.4 Å². The van der Waals surface area contributed by atoms with Crippen molar-refractivity contribution in [3.63, 3.8) is 0 Å². The van der Waals surface area contributed by atoms with Crippen LogP contribution in [0.2, 0.25) is 0 Å². The maximum Gasteiger partial charge on any atom is 0.193 e. The van der Waals surface area contributed by atoms with E-state index in [0.29, 0.717) is 0 Å². The number of ketones is 1. The third-order valence-corrected chi connectivity index (χ3v) is 8.19. The maximum absolute atomic E-state index is 12.1. The van der Waals surface area contributed by atoms with Gasteiger partial charge in [-0.1, -0.05) is 0 Å². The number of hydrogen-bond donors (Lipinski definition) is 12. The van der Waals surface area contributed by atoms with Crippen LogP contribution in [0.3, 0.4) is 0 Å². The molecule has 244 valence electrons. The Balaban J connectivity index is 1.50. The van der Waals surface area contributed by atoms with Gasteiger partial charge in [0.15, 0.2) is 24.7 Å². The highest BCUT2D eigenvalue weighted by Gasteiger charge is 2.54. The van der Waals surface area contributed by atoms with E-state index in [9.17, 15) is 35.4 Å². The first-order valence-corrected chi connectivity index (χ1v) is 13.7. The maximum atomic E-state index is 12.1. The summed E-state index contributed by atoms with van der Waals surface area (Å²) >= 11 is 0. The SMILES string of the molecule is NC[C@@H]1O[C@H](O[C@H]2[C@@H](O)[C@H](O[C@@H]3[C@@H](O)[C@H](N)C[C@H](N)[C@H]3O[C@H]3O[C@H](CN)[C@@H](O)[C@H](O)[C@H]3N)O[C@@H]2CO)[C@H](N)[C@@H](O)C1=O. The van der Waals surface area contributed by atoms with Crippen molar-refractivity contribution in [2.75, 3.05) is 19.7 Å². The van der Waals surface area contributed by atoms with E-state index in [-0.39, 0.29) is 19.5 Å². The summed E-state index contributed by atoms with van der Waals surface area (Å²) in [6.07, 6.45) is -19.0. The van der Waals surface area contributed by atoms with Crippen LogP contribution in [0.1, 0.15) is 6.42 Å². The summed E-state index contributed by atoms with van der Waals surface area (Å²) in [5, 5.41) is 62.7. The van der Waals surface area contributed by atoms with Crippen LogP contribution in [-0.2, 0) is 33.2 Å².